The van der Waals surface area contributed by atoms with Gasteiger partial charge in [-0.25, -0.2) is 0 Å². The molecule has 202 valence electrons. The van der Waals surface area contributed by atoms with Crippen LogP contribution in [-0.2, 0) is 25.5 Å². The number of rotatable bonds is 8. The van der Waals surface area contributed by atoms with Crippen molar-refractivity contribution in [1.82, 2.24) is 4.90 Å². The minimum Gasteiger partial charge on any atom is -0.466 e. The summed E-state index contributed by atoms with van der Waals surface area (Å²) in [6.07, 6.45) is 1.81. The van der Waals surface area contributed by atoms with Crippen LogP contribution >= 0.6 is 11.8 Å². The number of ether oxygens (including phenoxy) is 1. The van der Waals surface area contributed by atoms with Crippen molar-refractivity contribution in [3.63, 3.8) is 0 Å². The van der Waals surface area contributed by atoms with E-state index >= 15 is 0 Å². The highest BCUT2D eigenvalue weighted by molar-refractivity contribution is 8.02. The van der Waals surface area contributed by atoms with E-state index in [2.05, 4.69) is 5.32 Å². The number of amides is 2. The summed E-state index contributed by atoms with van der Waals surface area (Å²) in [5, 5.41) is 15.6. The van der Waals surface area contributed by atoms with Crippen molar-refractivity contribution in [2.75, 3.05) is 18.5 Å². The molecular formula is C31H32N2O5S. The van der Waals surface area contributed by atoms with Crippen molar-refractivity contribution < 1.29 is 24.2 Å². The molecule has 3 aliphatic rings. The van der Waals surface area contributed by atoms with Crippen LogP contribution in [0.3, 0.4) is 0 Å². The number of nitrogens with zero attached hydrogens (tertiary/aromatic N) is 1. The van der Waals surface area contributed by atoms with Gasteiger partial charge in [-0.05, 0) is 54.7 Å². The Morgan fingerprint density at radius 1 is 1.10 bits per heavy atom. The molecule has 7 nitrogen and oxygen atoms in total. The zero-order chi connectivity index (χ0) is 27.1. The molecule has 0 radical (unpaired) electrons. The lowest BCUT2D eigenvalue weighted by molar-refractivity contribution is -0.154. The quantitative estimate of drug-likeness (QED) is 0.416. The van der Waals surface area contributed by atoms with Crippen molar-refractivity contribution in [3.8, 4) is 0 Å². The summed E-state index contributed by atoms with van der Waals surface area (Å²) in [5.74, 6) is -2.14. The topological polar surface area (TPSA) is 95.9 Å². The van der Waals surface area contributed by atoms with E-state index in [1.807, 2.05) is 72.8 Å². The number of likely N-dealkylation sites (tertiary alicyclic amines) is 1. The van der Waals surface area contributed by atoms with Crippen LogP contribution < -0.4 is 5.32 Å². The number of thioether (sulfide) groups is 1. The first-order chi connectivity index (χ1) is 19.0. The van der Waals surface area contributed by atoms with Gasteiger partial charge in [-0.2, -0.15) is 0 Å². The average molecular weight is 545 g/mol. The number of fused-ring (bicyclic) bond motifs is 2. The number of benzene rings is 3. The van der Waals surface area contributed by atoms with Gasteiger partial charge in [-0.3, -0.25) is 14.4 Å². The fourth-order valence-electron chi connectivity index (χ4n) is 6.90. The van der Waals surface area contributed by atoms with Crippen LogP contribution in [0.25, 0.3) is 10.8 Å². The van der Waals surface area contributed by atoms with E-state index in [0.29, 0.717) is 18.5 Å². The van der Waals surface area contributed by atoms with Crippen LogP contribution in [0.5, 0.6) is 0 Å². The van der Waals surface area contributed by atoms with E-state index < -0.39 is 28.7 Å². The Morgan fingerprint density at radius 3 is 2.59 bits per heavy atom. The molecule has 0 aliphatic carbocycles. The number of aliphatic hydroxyl groups is 1. The van der Waals surface area contributed by atoms with Gasteiger partial charge in [-0.1, -0.05) is 60.7 Å². The fourth-order valence-corrected chi connectivity index (χ4v) is 9.10. The third-order valence-corrected chi connectivity index (χ3v) is 10.4. The standard InChI is InChI=1S/C31H32N2O5S/c1-2-38-30(37)25-24-14-15-31(39-24)26(25)29(36)33(23(18-34)16-19-8-4-3-5-9-19)27(31)28(35)32-22-13-12-20-10-6-7-11-21(20)17-22/h3-13,17,23-27,34H,2,14-16,18H2,1H3,(H,32,35)/t23-,24+,25-,26+,27?,31?/m1/s1. The molecule has 3 aliphatic heterocycles. The van der Waals surface area contributed by atoms with Gasteiger partial charge in [0.1, 0.15) is 6.04 Å². The third-order valence-electron chi connectivity index (χ3n) is 8.48. The van der Waals surface area contributed by atoms with E-state index in [-0.39, 0.29) is 36.2 Å². The summed E-state index contributed by atoms with van der Waals surface area (Å²) in [6.45, 7) is 1.71. The molecule has 1 spiro atoms. The molecule has 3 fully saturated rings. The lowest BCUT2D eigenvalue weighted by atomic mass is 9.71. The van der Waals surface area contributed by atoms with E-state index in [1.165, 1.54) is 0 Å². The molecule has 3 heterocycles. The van der Waals surface area contributed by atoms with Crippen molar-refractivity contribution in [3.05, 3.63) is 78.4 Å². The Bertz CT molecular complexity index is 1410. The third kappa shape index (κ3) is 4.30. The molecule has 0 saturated carbocycles. The smallest absolute Gasteiger partial charge is 0.310 e. The first-order valence-corrected chi connectivity index (χ1v) is 14.5. The first kappa shape index (κ1) is 25.9. The van der Waals surface area contributed by atoms with Gasteiger partial charge in [0.25, 0.3) is 0 Å². The zero-order valence-electron chi connectivity index (χ0n) is 21.8. The van der Waals surface area contributed by atoms with Crippen LogP contribution in [0.2, 0.25) is 0 Å². The number of esters is 1. The summed E-state index contributed by atoms with van der Waals surface area (Å²) in [5.41, 5.74) is 1.61. The maximum absolute atomic E-state index is 14.2. The van der Waals surface area contributed by atoms with Gasteiger partial charge in [0.05, 0.1) is 35.8 Å². The van der Waals surface area contributed by atoms with Crippen molar-refractivity contribution >= 4 is 46.0 Å². The number of hydrogen-bond donors (Lipinski definition) is 2. The lowest BCUT2D eigenvalue weighted by Gasteiger charge is -2.37. The fraction of sp³-hybridized carbons (Fsp3) is 0.387. The number of nitrogens with one attached hydrogen (secondary N) is 1. The Hall–Kier alpha value is -3.36. The van der Waals surface area contributed by atoms with Gasteiger partial charge in [-0.15, -0.1) is 11.8 Å². The summed E-state index contributed by atoms with van der Waals surface area (Å²) in [4.78, 5) is 43.1. The summed E-state index contributed by atoms with van der Waals surface area (Å²) >= 11 is 1.60. The lowest BCUT2D eigenvalue weighted by Crippen LogP contribution is -2.55. The van der Waals surface area contributed by atoms with Crippen LogP contribution in [0.4, 0.5) is 5.69 Å². The van der Waals surface area contributed by atoms with E-state index in [9.17, 15) is 19.5 Å². The highest BCUT2D eigenvalue weighted by atomic mass is 32.2. The first-order valence-electron chi connectivity index (χ1n) is 13.6. The number of hydrogen-bond acceptors (Lipinski definition) is 6. The van der Waals surface area contributed by atoms with Crippen LogP contribution in [0.1, 0.15) is 25.3 Å². The Balaban J connectivity index is 1.38. The van der Waals surface area contributed by atoms with Gasteiger partial charge in [0.15, 0.2) is 0 Å². The van der Waals surface area contributed by atoms with Crippen molar-refractivity contribution in [2.24, 2.45) is 11.8 Å². The van der Waals surface area contributed by atoms with Crippen LogP contribution in [0, 0.1) is 11.8 Å². The van der Waals surface area contributed by atoms with E-state index in [0.717, 1.165) is 22.8 Å². The minimum atomic E-state index is -0.822. The Morgan fingerprint density at radius 2 is 1.85 bits per heavy atom. The number of carbonyl (C=O) groups excluding carboxylic acids is 3. The summed E-state index contributed by atoms with van der Waals surface area (Å²) in [7, 11) is 0. The molecule has 3 saturated heterocycles. The Kier molecular flexibility index (Phi) is 6.85. The summed E-state index contributed by atoms with van der Waals surface area (Å²) < 4.78 is 4.66. The molecule has 8 heteroatoms. The number of anilines is 1. The van der Waals surface area contributed by atoms with Gasteiger partial charge in [0, 0.05) is 10.9 Å². The highest BCUT2D eigenvalue weighted by Gasteiger charge is 2.74. The molecule has 6 atom stereocenters. The molecule has 3 aromatic carbocycles. The van der Waals surface area contributed by atoms with Gasteiger partial charge >= 0.3 is 5.97 Å². The van der Waals surface area contributed by atoms with Crippen molar-refractivity contribution in [1.29, 1.82) is 0 Å². The molecule has 6 rings (SSSR count). The second-order valence-electron chi connectivity index (χ2n) is 10.6. The van der Waals surface area contributed by atoms with Crippen LogP contribution in [-0.4, -0.2) is 63.1 Å². The predicted octanol–water partition coefficient (Wildman–Crippen LogP) is 4.04. The molecule has 2 N–H and O–H groups in total. The molecule has 2 unspecified atom stereocenters. The normalized spacial score (nSPS) is 27.9. The van der Waals surface area contributed by atoms with E-state index in [1.54, 1.807) is 23.6 Å². The number of carbonyl (C=O) groups is 3. The molecule has 2 bridgehead atoms. The maximum Gasteiger partial charge on any atom is 0.310 e. The van der Waals surface area contributed by atoms with Crippen molar-refractivity contribution in [2.45, 2.75) is 48.3 Å². The second kappa shape index (κ2) is 10.3. The monoisotopic (exact) mass is 544 g/mol. The van der Waals surface area contributed by atoms with Gasteiger partial charge in [0.2, 0.25) is 11.8 Å². The Labute approximate surface area is 231 Å². The second-order valence-corrected chi connectivity index (χ2v) is 12.2. The average Bonchev–Trinajstić information content (AvgIpc) is 3.59. The van der Waals surface area contributed by atoms with Crippen LogP contribution in [0.15, 0.2) is 72.8 Å². The molecule has 39 heavy (non-hydrogen) atoms. The molecular weight excluding hydrogens is 512 g/mol. The predicted molar refractivity (Wildman–Crippen MR) is 151 cm³/mol. The maximum atomic E-state index is 14.2. The number of aliphatic hydroxyl groups excluding tert-OH is 1. The van der Waals surface area contributed by atoms with E-state index in [4.69, 9.17) is 4.74 Å². The zero-order valence-corrected chi connectivity index (χ0v) is 22.6. The highest BCUT2D eigenvalue weighted by Crippen LogP contribution is 2.66. The van der Waals surface area contributed by atoms with Gasteiger partial charge < -0.3 is 20.1 Å². The molecule has 2 amide bonds. The SMILES string of the molecule is CCOC(=O)[C@@H]1[C@@H]2CCC3(S2)C(C(=O)Nc2ccc4ccccc4c2)N([C@@H](CO)Cc2ccccc2)C(=O)[C@H]13. The minimum absolute atomic E-state index is 0.0576. The summed E-state index contributed by atoms with van der Waals surface area (Å²) in [6, 6.07) is 21.9. The largest absolute Gasteiger partial charge is 0.466 e. The molecule has 3 aromatic rings. The molecule has 0 aromatic heterocycles.